The Morgan fingerprint density at radius 1 is 1.35 bits per heavy atom. The van der Waals surface area contributed by atoms with Crippen LogP contribution in [0.15, 0.2) is 54.9 Å². The molecule has 1 aromatic carbocycles. The number of hydrogen-bond donors (Lipinski definition) is 2. The Bertz CT molecular complexity index is 950. The molecule has 3 aromatic rings. The molecule has 3 rings (SSSR count). The molecule has 0 aliphatic rings. The summed E-state index contributed by atoms with van der Waals surface area (Å²) in [6.07, 6.45) is 5.82. The van der Waals surface area contributed by atoms with Crippen molar-refractivity contribution in [2.45, 2.75) is 6.61 Å². The first kappa shape index (κ1) is 17.2. The number of carbonyl (C=O) groups excluding carboxylic acids is 1. The number of nitrogens with zero attached hydrogens (tertiary/aromatic N) is 2. The van der Waals surface area contributed by atoms with Crippen LogP contribution in [0.4, 0.5) is 10.5 Å². The maximum atomic E-state index is 11.6. The Balaban J connectivity index is 1.52. The molecule has 26 heavy (non-hydrogen) atoms. The molecule has 0 saturated carbocycles. The van der Waals surface area contributed by atoms with Crippen molar-refractivity contribution in [2.75, 3.05) is 6.54 Å². The molecule has 0 aliphatic carbocycles. The second kappa shape index (κ2) is 7.93. The Morgan fingerprint density at radius 2 is 2.15 bits per heavy atom. The predicted molar refractivity (Wildman–Crippen MR) is 96.4 cm³/mol. The number of H-pyrrole nitrogens is 1. The van der Waals surface area contributed by atoms with Crippen molar-refractivity contribution in [2.24, 2.45) is 0 Å². The smallest absolute Gasteiger partial charge is 0.407 e. The number of aromatic nitrogens is 2. The van der Waals surface area contributed by atoms with Gasteiger partial charge in [0.15, 0.2) is 0 Å². The molecule has 0 radical (unpaired) electrons. The van der Waals surface area contributed by atoms with Crippen LogP contribution in [0.5, 0.6) is 0 Å². The van der Waals surface area contributed by atoms with Crippen LogP contribution in [-0.2, 0) is 11.3 Å². The molecule has 0 bridgehead atoms. The summed E-state index contributed by atoms with van der Waals surface area (Å²) in [5, 5.41) is 14.0. The molecule has 0 spiro atoms. The van der Waals surface area contributed by atoms with Crippen LogP contribution in [0.2, 0.25) is 0 Å². The van der Waals surface area contributed by atoms with Gasteiger partial charge in [0.05, 0.1) is 16.5 Å². The first-order chi connectivity index (χ1) is 12.6. The van der Waals surface area contributed by atoms with E-state index < -0.39 is 11.0 Å². The summed E-state index contributed by atoms with van der Waals surface area (Å²) in [6.45, 7) is 0.467. The van der Waals surface area contributed by atoms with Crippen molar-refractivity contribution in [3.8, 4) is 0 Å². The van der Waals surface area contributed by atoms with E-state index in [4.69, 9.17) is 4.74 Å². The number of fused-ring (bicyclic) bond motifs is 1. The Hall–Kier alpha value is -3.68. The van der Waals surface area contributed by atoms with E-state index in [1.54, 1.807) is 24.4 Å². The topological polar surface area (TPSA) is 110 Å². The first-order valence-corrected chi connectivity index (χ1v) is 7.86. The van der Waals surface area contributed by atoms with Gasteiger partial charge in [0, 0.05) is 12.7 Å². The molecule has 0 unspecified atom stereocenters. The second-order valence-electron chi connectivity index (χ2n) is 5.44. The zero-order chi connectivity index (χ0) is 18.4. The third-order valence-electron chi connectivity index (χ3n) is 3.61. The van der Waals surface area contributed by atoms with Gasteiger partial charge in [0.25, 0.3) is 5.69 Å². The molecule has 8 nitrogen and oxygen atoms in total. The average Bonchev–Trinajstić information content (AvgIpc) is 3.08. The summed E-state index contributed by atoms with van der Waals surface area (Å²) >= 11 is 0. The Kier molecular flexibility index (Phi) is 5.23. The van der Waals surface area contributed by atoms with Gasteiger partial charge in [-0.25, -0.2) is 9.78 Å². The lowest BCUT2D eigenvalue weighted by Crippen LogP contribution is -2.24. The molecule has 2 N–H and O–H groups in total. The van der Waals surface area contributed by atoms with Crippen molar-refractivity contribution in [3.63, 3.8) is 0 Å². The summed E-state index contributed by atoms with van der Waals surface area (Å²) in [5.41, 5.74) is 2.03. The molecular formula is C18H16N4O4. The predicted octanol–water partition coefficient (Wildman–Crippen LogP) is 3.41. The number of rotatable bonds is 6. The van der Waals surface area contributed by atoms with Crippen LogP contribution >= 0.6 is 0 Å². The molecule has 2 heterocycles. The molecule has 0 fully saturated rings. The largest absolute Gasteiger partial charge is 0.445 e. The minimum absolute atomic E-state index is 0.0228. The van der Waals surface area contributed by atoms with E-state index in [1.165, 1.54) is 6.20 Å². The zero-order valence-corrected chi connectivity index (χ0v) is 13.7. The average molecular weight is 352 g/mol. The molecule has 132 valence electrons. The van der Waals surface area contributed by atoms with Crippen molar-refractivity contribution >= 4 is 28.9 Å². The van der Waals surface area contributed by atoms with Gasteiger partial charge >= 0.3 is 6.09 Å². The van der Waals surface area contributed by atoms with Crippen LogP contribution < -0.4 is 5.32 Å². The van der Waals surface area contributed by atoms with Gasteiger partial charge in [-0.15, -0.1) is 0 Å². The summed E-state index contributed by atoms with van der Waals surface area (Å²) in [7, 11) is 0. The number of benzene rings is 1. The second-order valence-corrected chi connectivity index (χ2v) is 5.44. The fourth-order valence-corrected chi connectivity index (χ4v) is 2.36. The number of pyridine rings is 1. The van der Waals surface area contributed by atoms with E-state index in [-0.39, 0.29) is 18.8 Å². The summed E-state index contributed by atoms with van der Waals surface area (Å²) in [4.78, 5) is 29.0. The van der Waals surface area contributed by atoms with Crippen molar-refractivity contribution in [1.82, 2.24) is 15.3 Å². The lowest BCUT2D eigenvalue weighted by atomic mass is 10.2. The number of aromatic amines is 1. The zero-order valence-electron chi connectivity index (χ0n) is 13.7. The van der Waals surface area contributed by atoms with Crippen LogP contribution in [0.3, 0.4) is 0 Å². The van der Waals surface area contributed by atoms with E-state index in [0.717, 1.165) is 5.56 Å². The molecule has 0 aliphatic heterocycles. The third kappa shape index (κ3) is 4.23. The minimum Gasteiger partial charge on any atom is -0.445 e. The molecule has 8 heteroatoms. The van der Waals surface area contributed by atoms with Gasteiger partial charge in [0.1, 0.15) is 12.3 Å². The molecule has 1 amide bonds. The molecule has 0 saturated heterocycles. The van der Waals surface area contributed by atoms with E-state index >= 15 is 0 Å². The number of amides is 1. The monoisotopic (exact) mass is 352 g/mol. The summed E-state index contributed by atoms with van der Waals surface area (Å²) in [5.74, 6) is 0. The lowest BCUT2D eigenvalue weighted by Gasteiger charge is -2.05. The van der Waals surface area contributed by atoms with Crippen molar-refractivity contribution in [3.05, 3.63) is 76.1 Å². The molecule has 2 aromatic heterocycles. The fraction of sp³-hybridized carbons (Fsp3) is 0.111. The number of hydrogen-bond acceptors (Lipinski definition) is 5. The highest BCUT2D eigenvalue weighted by atomic mass is 16.6. The third-order valence-corrected chi connectivity index (χ3v) is 3.61. The van der Waals surface area contributed by atoms with Gasteiger partial charge in [-0.05, 0) is 17.2 Å². The number of nitrogens with one attached hydrogen (secondary N) is 2. The van der Waals surface area contributed by atoms with E-state index in [9.17, 15) is 14.9 Å². The minimum atomic E-state index is -0.520. The van der Waals surface area contributed by atoms with Gasteiger partial charge in [-0.2, -0.15) is 0 Å². The Morgan fingerprint density at radius 3 is 2.92 bits per heavy atom. The van der Waals surface area contributed by atoms with E-state index in [2.05, 4.69) is 15.3 Å². The maximum Gasteiger partial charge on any atom is 0.407 e. The van der Waals surface area contributed by atoms with Crippen LogP contribution in [-0.4, -0.2) is 27.5 Å². The van der Waals surface area contributed by atoms with E-state index in [1.807, 2.05) is 30.3 Å². The van der Waals surface area contributed by atoms with Crippen molar-refractivity contribution < 1.29 is 14.5 Å². The SMILES string of the molecule is O=C(NCC=Cc1cnc2[nH]cc([N+](=O)[O-])c2c1)OCc1ccccc1. The maximum absolute atomic E-state index is 11.6. The normalized spacial score (nSPS) is 10.9. The quantitative estimate of drug-likeness (QED) is 0.522. The van der Waals surface area contributed by atoms with Crippen LogP contribution in [0, 0.1) is 10.1 Å². The molecular weight excluding hydrogens is 336 g/mol. The highest BCUT2D eigenvalue weighted by molar-refractivity contribution is 5.87. The summed E-state index contributed by atoms with van der Waals surface area (Å²) < 4.78 is 5.09. The van der Waals surface area contributed by atoms with Gasteiger partial charge in [-0.1, -0.05) is 42.5 Å². The number of ether oxygens (including phenoxy) is 1. The van der Waals surface area contributed by atoms with Gasteiger partial charge in [-0.3, -0.25) is 10.1 Å². The van der Waals surface area contributed by atoms with Gasteiger partial charge < -0.3 is 15.0 Å². The Labute approximate surface area is 148 Å². The van der Waals surface area contributed by atoms with Crippen LogP contribution in [0.25, 0.3) is 17.1 Å². The lowest BCUT2D eigenvalue weighted by molar-refractivity contribution is -0.383. The highest BCUT2D eigenvalue weighted by Gasteiger charge is 2.14. The first-order valence-electron chi connectivity index (χ1n) is 7.86. The summed E-state index contributed by atoms with van der Waals surface area (Å²) in [6, 6.07) is 11.1. The van der Waals surface area contributed by atoms with Crippen LogP contribution in [0.1, 0.15) is 11.1 Å². The highest BCUT2D eigenvalue weighted by Crippen LogP contribution is 2.24. The number of nitro groups is 1. The standard InChI is InChI=1S/C18H16N4O4/c23-18(26-12-13-5-2-1-3-6-13)19-8-4-7-14-9-15-16(22(24)25)11-21-17(15)20-10-14/h1-7,9-11H,8,12H2,(H,19,23)(H,20,21). The van der Waals surface area contributed by atoms with Crippen molar-refractivity contribution in [1.29, 1.82) is 0 Å². The van der Waals surface area contributed by atoms with E-state index in [0.29, 0.717) is 16.6 Å². The fourth-order valence-electron chi connectivity index (χ4n) is 2.36. The molecule has 0 atom stereocenters. The number of carbonyl (C=O) groups is 1. The number of alkyl carbamates (subject to hydrolysis) is 1. The van der Waals surface area contributed by atoms with Gasteiger partial charge in [0.2, 0.25) is 0 Å².